The molecule has 1 heterocycles. The van der Waals surface area contributed by atoms with Crippen LogP contribution >= 0.6 is 0 Å². The van der Waals surface area contributed by atoms with Crippen molar-refractivity contribution in [3.8, 4) is 5.75 Å². The van der Waals surface area contributed by atoms with Gasteiger partial charge in [-0.3, -0.25) is 0 Å². The summed E-state index contributed by atoms with van der Waals surface area (Å²) in [6, 6.07) is 5.36. The van der Waals surface area contributed by atoms with Gasteiger partial charge >= 0.3 is 12.1 Å². The number of esters is 1. The van der Waals surface area contributed by atoms with E-state index in [0.717, 1.165) is 19.2 Å². The Morgan fingerprint density at radius 2 is 1.85 bits per heavy atom. The molecule has 2 aromatic carbocycles. The summed E-state index contributed by atoms with van der Waals surface area (Å²) in [5.74, 6) is -3.87. The fraction of sp³-hybridized carbons (Fsp3) is 0.278. The van der Waals surface area contributed by atoms with E-state index >= 15 is 0 Å². The number of ether oxygens (including phenoxy) is 2. The van der Waals surface area contributed by atoms with Crippen LogP contribution in [0.4, 0.5) is 22.0 Å². The standard InChI is InChI=1S/C18H13F5O3/c1-25-17(24)15-12(4-5-13(16(15)20)18(21,22)23)10-6-7-26-14-8-9(19)2-3-11(10)14/h2-5,8,10H,6-7H2,1H3. The highest BCUT2D eigenvalue weighted by Gasteiger charge is 2.38. The molecule has 0 saturated carbocycles. The number of carbonyl (C=O) groups excluding carboxylic acids is 1. The van der Waals surface area contributed by atoms with Crippen molar-refractivity contribution in [2.45, 2.75) is 18.5 Å². The predicted octanol–water partition coefficient (Wildman–Crippen LogP) is 4.68. The quantitative estimate of drug-likeness (QED) is 0.567. The van der Waals surface area contributed by atoms with Gasteiger partial charge < -0.3 is 9.47 Å². The second kappa shape index (κ2) is 6.59. The zero-order valence-corrected chi connectivity index (χ0v) is 13.5. The zero-order chi connectivity index (χ0) is 19.1. The van der Waals surface area contributed by atoms with Gasteiger partial charge in [0.05, 0.1) is 24.8 Å². The van der Waals surface area contributed by atoms with Crippen LogP contribution in [0.2, 0.25) is 0 Å². The average Bonchev–Trinajstić information content (AvgIpc) is 2.58. The van der Waals surface area contributed by atoms with Crippen molar-refractivity contribution in [2.24, 2.45) is 0 Å². The van der Waals surface area contributed by atoms with Crippen LogP contribution in [0.5, 0.6) is 5.75 Å². The molecule has 26 heavy (non-hydrogen) atoms. The van der Waals surface area contributed by atoms with E-state index in [4.69, 9.17) is 4.74 Å². The third kappa shape index (κ3) is 3.11. The van der Waals surface area contributed by atoms with E-state index in [1.807, 2.05) is 0 Å². The maximum Gasteiger partial charge on any atom is 0.419 e. The van der Waals surface area contributed by atoms with Crippen LogP contribution in [0.3, 0.4) is 0 Å². The van der Waals surface area contributed by atoms with E-state index in [0.29, 0.717) is 11.6 Å². The molecule has 0 N–H and O–H groups in total. The van der Waals surface area contributed by atoms with Gasteiger partial charge in [-0.1, -0.05) is 12.1 Å². The molecule has 2 aromatic rings. The first-order valence-electron chi connectivity index (χ1n) is 7.64. The van der Waals surface area contributed by atoms with Crippen LogP contribution in [0.1, 0.15) is 39.4 Å². The van der Waals surface area contributed by atoms with Crippen molar-refractivity contribution < 1.29 is 36.2 Å². The normalized spacial score (nSPS) is 16.6. The van der Waals surface area contributed by atoms with Gasteiger partial charge in [0.25, 0.3) is 0 Å². The summed E-state index contributed by atoms with van der Waals surface area (Å²) < 4.78 is 76.8. The first-order chi connectivity index (χ1) is 12.2. The van der Waals surface area contributed by atoms with Crippen molar-refractivity contribution in [2.75, 3.05) is 13.7 Å². The van der Waals surface area contributed by atoms with Crippen LogP contribution in [0, 0.1) is 11.6 Å². The minimum Gasteiger partial charge on any atom is -0.493 e. The Balaban J connectivity index is 2.21. The number of fused-ring (bicyclic) bond motifs is 1. The predicted molar refractivity (Wildman–Crippen MR) is 81.1 cm³/mol. The number of hydrogen-bond acceptors (Lipinski definition) is 3. The number of carbonyl (C=O) groups is 1. The van der Waals surface area contributed by atoms with Crippen molar-refractivity contribution in [3.05, 3.63) is 64.2 Å². The van der Waals surface area contributed by atoms with Gasteiger partial charge in [-0.25, -0.2) is 13.6 Å². The van der Waals surface area contributed by atoms with Crippen LogP contribution in [0.25, 0.3) is 0 Å². The lowest BCUT2D eigenvalue weighted by Gasteiger charge is -2.28. The number of alkyl halides is 3. The summed E-state index contributed by atoms with van der Waals surface area (Å²) in [6.07, 6.45) is -4.67. The summed E-state index contributed by atoms with van der Waals surface area (Å²) in [7, 11) is 0.957. The first-order valence-corrected chi connectivity index (χ1v) is 7.64. The molecular formula is C18H13F5O3. The highest BCUT2D eigenvalue weighted by atomic mass is 19.4. The highest BCUT2D eigenvalue weighted by molar-refractivity contribution is 5.92. The van der Waals surface area contributed by atoms with E-state index in [1.165, 1.54) is 12.1 Å². The molecule has 0 radical (unpaired) electrons. The van der Waals surface area contributed by atoms with Crippen LogP contribution < -0.4 is 4.74 Å². The third-order valence-electron chi connectivity index (χ3n) is 4.26. The fourth-order valence-corrected chi connectivity index (χ4v) is 3.10. The average molecular weight is 372 g/mol. The molecule has 0 amide bonds. The molecule has 1 aliphatic rings. The van der Waals surface area contributed by atoms with Crippen molar-refractivity contribution >= 4 is 5.97 Å². The lowest BCUT2D eigenvalue weighted by atomic mass is 9.83. The molecule has 3 nitrogen and oxygen atoms in total. The van der Waals surface area contributed by atoms with Crippen molar-refractivity contribution in [1.29, 1.82) is 0 Å². The smallest absolute Gasteiger partial charge is 0.419 e. The SMILES string of the molecule is COC(=O)c1c(C2CCOc3cc(F)ccc32)ccc(C(F)(F)F)c1F. The van der Waals surface area contributed by atoms with E-state index in [9.17, 15) is 26.7 Å². The topological polar surface area (TPSA) is 35.5 Å². The van der Waals surface area contributed by atoms with E-state index in [1.54, 1.807) is 0 Å². The summed E-state index contributed by atoms with van der Waals surface area (Å²) in [6.45, 7) is 0.143. The van der Waals surface area contributed by atoms with Gasteiger partial charge in [-0.15, -0.1) is 0 Å². The van der Waals surface area contributed by atoms with Crippen LogP contribution in [-0.4, -0.2) is 19.7 Å². The van der Waals surface area contributed by atoms with E-state index < -0.39 is 40.8 Å². The summed E-state index contributed by atoms with van der Waals surface area (Å²) in [5, 5.41) is 0. The number of halogens is 5. The van der Waals surface area contributed by atoms with Gasteiger partial charge in [-0.2, -0.15) is 13.2 Å². The first kappa shape index (κ1) is 18.2. The molecule has 0 aliphatic carbocycles. The Bertz CT molecular complexity index is 861. The minimum atomic E-state index is -4.96. The second-order valence-electron chi connectivity index (χ2n) is 5.75. The third-order valence-corrected chi connectivity index (χ3v) is 4.26. The van der Waals surface area contributed by atoms with Gasteiger partial charge in [0.2, 0.25) is 0 Å². The maximum atomic E-state index is 14.5. The van der Waals surface area contributed by atoms with Crippen LogP contribution in [-0.2, 0) is 10.9 Å². The Hall–Kier alpha value is -2.64. The monoisotopic (exact) mass is 372 g/mol. The Morgan fingerprint density at radius 1 is 1.15 bits per heavy atom. The molecule has 1 unspecified atom stereocenters. The van der Waals surface area contributed by atoms with Gasteiger partial charge in [0, 0.05) is 17.5 Å². The number of hydrogen-bond donors (Lipinski definition) is 0. The number of methoxy groups -OCH3 is 1. The van der Waals surface area contributed by atoms with Crippen molar-refractivity contribution in [1.82, 2.24) is 0 Å². The lowest BCUT2D eigenvalue weighted by molar-refractivity contribution is -0.140. The molecule has 1 atom stereocenters. The Morgan fingerprint density at radius 3 is 2.50 bits per heavy atom. The van der Waals surface area contributed by atoms with Gasteiger partial charge in [0.15, 0.2) is 0 Å². The van der Waals surface area contributed by atoms with Gasteiger partial charge in [0.1, 0.15) is 17.4 Å². The largest absolute Gasteiger partial charge is 0.493 e. The second-order valence-corrected chi connectivity index (χ2v) is 5.75. The zero-order valence-electron chi connectivity index (χ0n) is 13.5. The summed E-state index contributed by atoms with van der Waals surface area (Å²) in [5.41, 5.74) is -1.82. The maximum absolute atomic E-state index is 14.5. The van der Waals surface area contributed by atoms with Crippen molar-refractivity contribution in [3.63, 3.8) is 0 Å². The van der Waals surface area contributed by atoms with Gasteiger partial charge in [-0.05, 0) is 24.1 Å². The highest BCUT2D eigenvalue weighted by Crippen LogP contribution is 2.42. The molecule has 1 aliphatic heterocycles. The molecule has 0 aromatic heterocycles. The molecule has 0 bridgehead atoms. The Labute approximate surface area is 145 Å². The lowest BCUT2D eigenvalue weighted by Crippen LogP contribution is -2.21. The Kier molecular flexibility index (Phi) is 4.60. The molecule has 138 valence electrons. The molecule has 0 spiro atoms. The summed E-state index contributed by atoms with van der Waals surface area (Å²) in [4.78, 5) is 12.0. The molecule has 3 rings (SSSR count). The van der Waals surface area contributed by atoms with Crippen LogP contribution in [0.15, 0.2) is 30.3 Å². The number of rotatable bonds is 2. The molecule has 0 saturated heterocycles. The number of benzene rings is 2. The fourth-order valence-electron chi connectivity index (χ4n) is 3.10. The van der Waals surface area contributed by atoms with E-state index in [2.05, 4.69) is 4.74 Å². The molecule has 0 fully saturated rings. The molecule has 8 heteroatoms. The van der Waals surface area contributed by atoms with E-state index in [-0.39, 0.29) is 24.3 Å². The minimum absolute atomic E-state index is 0.0403. The molecular weight excluding hydrogens is 359 g/mol. The summed E-state index contributed by atoms with van der Waals surface area (Å²) >= 11 is 0.